The molecular weight excluding hydrogens is 192 g/mol. The molecule has 1 aromatic carbocycles. The van der Waals surface area contributed by atoms with Crippen molar-refractivity contribution in [1.82, 2.24) is 0 Å². The van der Waals surface area contributed by atoms with Crippen molar-refractivity contribution in [3.05, 3.63) is 23.8 Å². The Hall–Kier alpha value is -1.71. The van der Waals surface area contributed by atoms with E-state index in [0.717, 1.165) is 18.7 Å². The van der Waals surface area contributed by atoms with Crippen molar-refractivity contribution in [2.75, 3.05) is 24.7 Å². The van der Waals surface area contributed by atoms with Gasteiger partial charge in [0.2, 0.25) is 0 Å². The number of hydrogen-bond acceptors (Lipinski definition) is 4. The Kier molecular flexibility index (Phi) is 3.97. The van der Waals surface area contributed by atoms with Gasteiger partial charge in [0.1, 0.15) is 0 Å². The van der Waals surface area contributed by atoms with E-state index in [0.29, 0.717) is 11.3 Å². The van der Waals surface area contributed by atoms with Gasteiger partial charge in [0.15, 0.2) is 0 Å². The molecule has 0 saturated heterocycles. The number of para-hydroxylation sites is 1. The van der Waals surface area contributed by atoms with Crippen molar-refractivity contribution in [2.45, 2.75) is 13.3 Å². The highest BCUT2D eigenvalue weighted by molar-refractivity contribution is 5.98. The summed E-state index contributed by atoms with van der Waals surface area (Å²) in [5.74, 6) is -0.410. The van der Waals surface area contributed by atoms with Crippen molar-refractivity contribution in [3.8, 4) is 0 Å². The molecule has 0 unspecified atom stereocenters. The van der Waals surface area contributed by atoms with Crippen molar-refractivity contribution >= 4 is 17.3 Å². The minimum absolute atomic E-state index is 0.401. The lowest BCUT2D eigenvalue weighted by Gasteiger charge is -2.10. The normalized spacial score (nSPS) is 9.73. The van der Waals surface area contributed by atoms with Crippen LogP contribution in [0.4, 0.5) is 11.4 Å². The number of nitrogen functional groups attached to an aromatic ring is 1. The fourth-order valence-corrected chi connectivity index (χ4v) is 1.27. The number of anilines is 2. The Bertz CT molecular complexity index is 350. The molecule has 0 heterocycles. The van der Waals surface area contributed by atoms with Gasteiger partial charge in [-0.15, -0.1) is 0 Å². The van der Waals surface area contributed by atoms with Crippen LogP contribution >= 0.6 is 0 Å². The third-order valence-electron chi connectivity index (χ3n) is 2.08. The standard InChI is InChI=1S/C11H16N2O2/c1-3-7-13-9-6-4-5-8(10(9)12)11(14)15-2/h4-6,13H,3,7,12H2,1-2H3. The minimum atomic E-state index is -0.410. The summed E-state index contributed by atoms with van der Waals surface area (Å²) < 4.78 is 4.63. The maximum Gasteiger partial charge on any atom is 0.340 e. The predicted molar refractivity (Wildman–Crippen MR) is 61.0 cm³/mol. The molecule has 0 fully saturated rings. The highest BCUT2D eigenvalue weighted by Gasteiger charge is 2.11. The van der Waals surface area contributed by atoms with Gasteiger partial charge in [-0.2, -0.15) is 0 Å². The number of hydrogen-bond donors (Lipinski definition) is 2. The second-order valence-electron chi connectivity index (χ2n) is 3.19. The number of ether oxygens (including phenoxy) is 1. The molecule has 4 heteroatoms. The summed E-state index contributed by atoms with van der Waals surface area (Å²) in [6, 6.07) is 5.27. The Morgan fingerprint density at radius 2 is 2.27 bits per heavy atom. The largest absolute Gasteiger partial charge is 0.465 e. The van der Waals surface area contributed by atoms with E-state index in [1.165, 1.54) is 7.11 Å². The van der Waals surface area contributed by atoms with E-state index in [9.17, 15) is 4.79 Å². The quantitative estimate of drug-likeness (QED) is 0.585. The summed E-state index contributed by atoms with van der Waals surface area (Å²) in [5, 5.41) is 3.15. The molecule has 0 bridgehead atoms. The molecule has 0 aliphatic heterocycles. The van der Waals surface area contributed by atoms with Crippen molar-refractivity contribution in [2.24, 2.45) is 0 Å². The zero-order chi connectivity index (χ0) is 11.3. The molecule has 82 valence electrons. The fourth-order valence-electron chi connectivity index (χ4n) is 1.27. The highest BCUT2D eigenvalue weighted by Crippen LogP contribution is 2.23. The second kappa shape index (κ2) is 5.24. The van der Waals surface area contributed by atoms with Crippen LogP contribution in [0.3, 0.4) is 0 Å². The summed E-state index contributed by atoms with van der Waals surface area (Å²) in [6.45, 7) is 2.89. The van der Waals surface area contributed by atoms with Crippen LogP contribution in [-0.2, 0) is 4.74 Å². The van der Waals surface area contributed by atoms with Crippen LogP contribution < -0.4 is 11.1 Å². The van der Waals surface area contributed by atoms with E-state index in [-0.39, 0.29) is 0 Å². The molecule has 1 rings (SSSR count). The zero-order valence-electron chi connectivity index (χ0n) is 9.04. The first-order chi connectivity index (χ1) is 7.20. The van der Waals surface area contributed by atoms with Gasteiger partial charge < -0.3 is 15.8 Å². The number of esters is 1. The molecule has 0 aliphatic rings. The van der Waals surface area contributed by atoms with Crippen LogP contribution in [0.25, 0.3) is 0 Å². The van der Waals surface area contributed by atoms with E-state index >= 15 is 0 Å². The molecule has 0 radical (unpaired) electrons. The second-order valence-corrected chi connectivity index (χ2v) is 3.19. The molecule has 0 atom stereocenters. The van der Waals surface area contributed by atoms with Gasteiger partial charge in [-0.1, -0.05) is 13.0 Å². The topological polar surface area (TPSA) is 64.3 Å². The number of benzene rings is 1. The summed E-state index contributed by atoms with van der Waals surface area (Å²) in [4.78, 5) is 11.3. The summed E-state index contributed by atoms with van der Waals surface area (Å²) in [5.41, 5.74) is 7.46. The lowest BCUT2D eigenvalue weighted by atomic mass is 10.1. The van der Waals surface area contributed by atoms with Gasteiger partial charge in [-0.3, -0.25) is 0 Å². The minimum Gasteiger partial charge on any atom is -0.465 e. The number of rotatable bonds is 4. The van der Waals surface area contributed by atoms with Crippen LogP contribution in [0.1, 0.15) is 23.7 Å². The van der Waals surface area contributed by atoms with Crippen LogP contribution in [0, 0.1) is 0 Å². The molecule has 15 heavy (non-hydrogen) atoms. The van der Waals surface area contributed by atoms with Gasteiger partial charge in [0, 0.05) is 6.54 Å². The van der Waals surface area contributed by atoms with Crippen molar-refractivity contribution in [3.63, 3.8) is 0 Å². The maximum atomic E-state index is 11.3. The number of carbonyl (C=O) groups excluding carboxylic acids is 1. The number of carbonyl (C=O) groups is 1. The third-order valence-corrected chi connectivity index (χ3v) is 2.08. The molecule has 4 nitrogen and oxygen atoms in total. The molecule has 0 spiro atoms. The lowest BCUT2D eigenvalue weighted by molar-refractivity contribution is 0.0602. The molecule has 0 saturated carbocycles. The molecule has 0 amide bonds. The van der Waals surface area contributed by atoms with Gasteiger partial charge >= 0.3 is 5.97 Å². The van der Waals surface area contributed by atoms with Crippen LogP contribution in [0.5, 0.6) is 0 Å². The Morgan fingerprint density at radius 3 is 2.87 bits per heavy atom. The van der Waals surface area contributed by atoms with Crippen LogP contribution in [0.2, 0.25) is 0 Å². The summed E-state index contributed by atoms with van der Waals surface area (Å²) in [7, 11) is 1.34. The Morgan fingerprint density at radius 1 is 1.53 bits per heavy atom. The van der Waals surface area contributed by atoms with Crippen molar-refractivity contribution < 1.29 is 9.53 Å². The first-order valence-corrected chi connectivity index (χ1v) is 4.91. The van der Waals surface area contributed by atoms with Crippen molar-refractivity contribution in [1.29, 1.82) is 0 Å². The van der Waals surface area contributed by atoms with Crippen LogP contribution in [-0.4, -0.2) is 19.6 Å². The molecule has 0 aliphatic carbocycles. The van der Waals surface area contributed by atoms with Gasteiger partial charge in [-0.25, -0.2) is 4.79 Å². The predicted octanol–water partition coefficient (Wildman–Crippen LogP) is 1.88. The summed E-state index contributed by atoms with van der Waals surface area (Å²) in [6.07, 6.45) is 1.00. The van der Waals surface area contributed by atoms with E-state index in [1.54, 1.807) is 12.1 Å². The summed E-state index contributed by atoms with van der Waals surface area (Å²) >= 11 is 0. The molecule has 3 N–H and O–H groups in total. The number of nitrogens with two attached hydrogens (primary N) is 1. The van der Waals surface area contributed by atoms with E-state index in [1.807, 2.05) is 6.07 Å². The number of methoxy groups -OCH3 is 1. The molecule has 0 aromatic heterocycles. The molecular formula is C11H16N2O2. The fraction of sp³-hybridized carbons (Fsp3) is 0.364. The lowest BCUT2D eigenvalue weighted by Crippen LogP contribution is -2.09. The van der Waals surface area contributed by atoms with Crippen LogP contribution in [0.15, 0.2) is 18.2 Å². The van der Waals surface area contributed by atoms with E-state index < -0.39 is 5.97 Å². The van der Waals surface area contributed by atoms with Gasteiger partial charge in [0.25, 0.3) is 0 Å². The zero-order valence-corrected chi connectivity index (χ0v) is 9.04. The Labute approximate surface area is 89.4 Å². The van der Waals surface area contributed by atoms with Gasteiger partial charge in [0.05, 0.1) is 24.0 Å². The monoisotopic (exact) mass is 208 g/mol. The maximum absolute atomic E-state index is 11.3. The van der Waals surface area contributed by atoms with E-state index in [2.05, 4.69) is 17.0 Å². The number of nitrogens with one attached hydrogen (secondary N) is 1. The van der Waals surface area contributed by atoms with E-state index in [4.69, 9.17) is 5.73 Å². The molecule has 1 aromatic rings. The third kappa shape index (κ3) is 2.62. The Balaban J connectivity index is 2.95. The first-order valence-electron chi connectivity index (χ1n) is 4.91. The highest BCUT2D eigenvalue weighted by atomic mass is 16.5. The average Bonchev–Trinajstić information content (AvgIpc) is 2.27. The SMILES string of the molecule is CCCNc1cccc(C(=O)OC)c1N. The van der Waals surface area contributed by atoms with Gasteiger partial charge in [-0.05, 0) is 18.6 Å². The smallest absolute Gasteiger partial charge is 0.340 e. The first kappa shape index (κ1) is 11.4. The average molecular weight is 208 g/mol.